The van der Waals surface area contributed by atoms with Gasteiger partial charge in [-0.25, -0.2) is 4.39 Å². The minimum Gasteiger partial charge on any atom is -0.293 e. The molecule has 0 aromatic heterocycles. The molecule has 0 heterocycles. The Labute approximate surface area is 122 Å². The molecule has 2 aromatic rings. The summed E-state index contributed by atoms with van der Waals surface area (Å²) in [4.78, 5) is 13.1. The predicted octanol–water partition coefficient (Wildman–Crippen LogP) is 4.29. The van der Waals surface area contributed by atoms with Gasteiger partial charge in [-0.2, -0.15) is 0 Å². The first-order valence-electron chi connectivity index (χ1n) is 6.76. The van der Waals surface area contributed by atoms with Crippen LogP contribution in [-0.2, 0) is 12.8 Å². The molecule has 3 heteroatoms. The lowest BCUT2D eigenvalue weighted by Crippen LogP contribution is -2.02. The Morgan fingerprint density at radius 1 is 1.10 bits per heavy atom. The van der Waals surface area contributed by atoms with E-state index >= 15 is 0 Å². The van der Waals surface area contributed by atoms with Gasteiger partial charge in [0.1, 0.15) is 5.82 Å². The summed E-state index contributed by atoms with van der Waals surface area (Å²) in [5.41, 5.74) is 3.29. The number of carbonyl (C=O) groups excluding carboxylic acids is 1. The van der Waals surface area contributed by atoms with Gasteiger partial charge in [-0.1, -0.05) is 18.2 Å². The second-order valence-corrected chi connectivity index (χ2v) is 6.06. The van der Waals surface area contributed by atoms with Crippen molar-refractivity contribution in [2.45, 2.75) is 24.2 Å². The predicted molar refractivity (Wildman–Crippen MR) is 79.9 cm³/mol. The van der Waals surface area contributed by atoms with Crippen LogP contribution in [0, 0.1) is 5.82 Å². The van der Waals surface area contributed by atoms with Gasteiger partial charge < -0.3 is 0 Å². The molecule has 102 valence electrons. The molecule has 1 nitrogen and oxygen atoms in total. The van der Waals surface area contributed by atoms with Crippen LogP contribution in [0.25, 0.3) is 0 Å². The highest BCUT2D eigenvalue weighted by molar-refractivity contribution is 8.00. The molecule has 0 N–H and O–H groups in total. The normalized spacial score (nSPS) is 13.2. The molecule has 3 rings (SSSR count). The molecule has 20 heavy (non-hydrogen) atoms. The molecule has 0 amide bonds. The molecule has 0 saturated carbocycles. The average Bonchev–Trinajstić information content (AvgIpc) is 2.92. The number of thioether (sulfide) groups is 1. The smallest absolute Gasteiger partial charge is 0.173 e. The zero-order chi connectivity index (χ0) is 13.9. The highest BCUT2D eigenvalue weighted by Crippen LogP contribution is 2.27. The summed E-state index contributed by atoms with van der Waals surface area (Å²) >= 11 is 1.52. The minimum atomic E-state index is -0.363. The third-order valence-corrected chi connectivity index (χ3v) is 4.58. The molecule has 1 aliphatic rings. The van der Waals surface area contributed by atoms with E-state index in [0.29, 0.717) is 11.3 Å². The fraction of sp³-hybridized carbons (Fsp3) is 0.235. The van der Waals surface area contributed by atoms with Crippen LogP contribution in [0.4, 0.5) is 4.39 Å². The zero-order valence-corrected chi connectivity index (χ0v) is 11.9. The maximum atomic E-state index is 13.1. The van der Waals surface area contributed by atoms with Gasteiger partial charge in [-0.15, -0.1) is 11.8 Å². The fourth-order valence-corrected chi connectivity index (χ4v) is 3.39. The maximum Gasteiger partial charge on any atom is 0.173 e. The molecular formula is C17H15FOS. The van der Waals surface area contributed by atoms with Gasteiger partial charge in [-0.05, 0) is 54.7 Å². The van der Waals surface area contributed by atoms with Crippen molar-refractivity contribution in [3.63, 3.8) is 0 Å². The Hall–Kier alpha value is -1.61. The van der Waals surface area contributed by atoms with E-state index in [0.717, 1.165) is 11.3 Å². The molecule has 0 fully saturated rings. The van der Waals surface area contributed by atoms with Crippen molar-refractivity contribution in [1.82, 2.24) is 0 Å². The summed E-state index contributed by atoms with van der Waals surface area (Å²) in [5, 5.41) is 0. The highest BCUT2D eigenvalue weighted by Gasteiger charge is 2.12. The molecular weight excluding hydrogens is 271 g/mol. The number of aryl methyl sites for hydroxylation is 2. The fourth-order valence-electron chi connectivity index (χ4n) is 2.53. The number of fused-ring (bicyclic) bond motifs is 1. The topological polar surface area (TPSA) is 17.1 Å². The van der Waals surface area contributed by atoms with Crippen molar-refractivity contribution in [2.24, 2.45) is 0 Å². The van der Waals surface area contributed by atoms with Crippen molar-refractivity contribution < 1.29 is 9.18 Å². The third kappa shape index (κ3) is 2.93. The summed E-state index contributed by atoms with van der Waals surface area (Å²) in [5.74, 6) is -0.0456. The molecule has 0 atom stereocenters. The van der Waals surface area contributed by atoms with Crippen LogP contribution in [0.1, 0.15) is 27.9 Å². The summed E-state index contributed by atoms with van der Waals surface area (Å²) < 4.78 is 13.1. The van der Waals surface area contributed by atoms with E-state index in [-0.39, 0.29) is 11.6 Å². The molecule has 1 aliphatic carbocycles. The van der Waals surface area contributed by atoms with Crippen LogP contribution in [0.2, 0.25) is 0 Å². The van der Waals surface area contributed by atoms with Gasteiger partial charge in [0.25, 0.3) is 0 Å². The van der Waals surface area contributed by atoms with Gasteiger partial charge in [0, 0.05) is 10.5 Å². The van der Waals surface area contributed by atoms with Crippen molar-refractivity contribution in [3.8, 4) is 0 Å². The number of hydrogen-bond acceptors (Lipinski definition) is 2. The Balaban J connectivity index is 1.66. The van der Waals surface area contributed by atoms with E-state index < -0.39 is 0 Å². The first-order valence-corrected chi connectivity index (χ1v) is 7.74. The van der Waals surface area contributed by atoms with Crippen LogP contribution in [0.15, 0.2) is 47.4 Å². The van der Waals surface area contributed by atoms with Crippen LogP contribution >= 0.6 is 11.8 Å². The second-order valence-electron chi connectivity index (χ2n) is 5.01. The van der Waals surface area contributed by atoms with Crippen LogP contribution in [0.3, 0.4) is 0 Å². The number of hydrogen-bond donors (Lipinski definition) is 0. The van der Waals surface area contributed by atoms with Crippen molar-refractivity contribution in [3.05, 3.63) is 65.0 Å². The van der Waals surface area contributed by atoms with E-state index in [4.69, 9.17) is 0 Å². The Morgan fingerprint density at radius 3 is 2.80 bits per heavy atom. The Bertz CT molecular complexity index is 651. The largest absolute Gasteiger partial charge is 0.293 e. The number of halogens is 1. The highest BCUT2D eigenvalue weighted by atomic mass is 32.2. The molecule has 0 saturated heterocycles. The molecule has 0 spiro atoms. The van der Waals surface area contributed by atoms with E-state index in [9.17, 15) is 9.18 Å². The van der Waals surface area contributed by atoms with Crippen molar-refractivity contribution >= 4 is 17.5 Å². The third-order valence-electron chi connectivity index (χ3n) is 3.59. The molecule has 0 radical (unpaired) electrons. The standard InChI is InChI=1S/C17H15FOS/c18-15-6-2-5-14(9-15)17(19)11-20-16-8-7-12-3-1-4-13(12)10-16/h2,5-10H,1,3-4,11H2. The summed E-state index contributed by atoms with van der Waals surface area (Å²) in [6, 6.07) is 12.3. The van der Waals surface area contributed by atoms with E-state index in [1.54, 1.807) is 12.1 Å². The lowest BCUT2D eigenvalue weighted by Gasteiger charge is -2.05. The Morgan fingerprint density at radius 2 is 1.95 bits per heavy atom. The minimum absolute atomic E-state index is 0.0324. The van der Waals surface area contributed by atoms with Crippen LogP contribution in [-0.4, -0.2) is 11.5 Å². The van der Waals surface area contributed by atoms with Gasteiger partial charge in [0.05, 0.1) is 5.75 Å². The first-order chi connectivity index (χ1) is 9.72. The number of benzene rings is 2. The molecule has 2 aromatic carbocycles. The number of carbonyl (C=O) groups is 1. The van der Waals surface area contributed by atoms with Crippen LogP contribution in [0.5, 0.6) is 0 Å². The quantitative estimate of drug-likeness (QED) is 0.616. The maximum absolute atomic E-state index is 13.1. The van der Waals surface area contributed by atoms with Gasteiger partial charge in [-0.3, -0.25) is 4.79 Å². The monoisotopic (exact) mass is 286 g/mol. The Kier molecular flexibility index (Phi) is 3.88. The zero-order valence-electron chi connectivity index (χ0n) is 11.1. The van der Waals surface area contributed by atoms with E-state index in [1.165, 1.54) is 47.9 Å². The summed E-state index contributed by atoms with van der Waals surface area (Å²) in [6.07, 6.45) is 3.54. The van der Waals surface area contributed by atoms with Crippen molar-refractivity contribution in [1.29, 1.82) is 0 Å². The van der Waals surface area contributed by atoms with E-state index in [2.05, 4.69) is 18.2 Å². The van der Waals surface area contributed by atoms with Crippen molar-refractivity contribution in [2.75, 3.05) is 5.75 Å². The second kappa shape index (κ2) is 5.80. The van der Waals surface area contributed by atoms with Gasteiger partial charge >= 0.3 is 0 Å². The molecule has 0 bridgehead atoms. The van der Waals surface area contributed by atoms with Gasteiger partial charge in [0.15, 0.2) is 5.78 Å². The lowest BCUT2D eigenvalue weighted by atomic mass is 10.1. The SMILES string of the molecule is O=C(CSc1ccc2c(c1)CCC2)c1cccc(F)c1. The molecule has 0 aliphatic heterocycles. The van der Waals surface area contributed by atoms with Gasteiger partial charge in [0.2, 0.25) is 0 Å². The lowest BCUT2D eigenvalue weighted by molar-refractivity contribution is 0.102. The first kappa shape index (κ1) is 13.4. The molecule has 0 unspecified atom stereocenters. The average molecular weight is 286 g/mol. The van der Waals surface area contributed by atoms with E-state index in [1.807, 2.05) is 0 Å². The summed E-state index contributed by atoms with van der Waals surface area (Å²) in [6.45, 7) is 0. The summed E-state index contributed by atoms with van der Waals surface area (Å²) in [7, 11) is 0. The number of Topliss-reactive ketones (excluding diaryl/α,β-unsaturated/α-hetero) is 1. The van der Waals surface area contributed by atoms with Crippen LogP contribution < -0.4 is 0 Å². The number of rotatable bonds is 4. The number of ketones is 1.